The second-order valence-corrected chi connectivity index (χ2v) is 5.75. The van der Waals surface area contributed by atoms with Gasteiger partial charge in [-0.25, -0.2) is 4.79 Å². The lowest BCUT2D eigenvalue weighted by atomic mass is 10.1. The Morgan fingerprint density at radius 1 is 1.16 bits per heavy atom. The number of pyridine rings is 1. The Morgan fingerprint density at radius 2 is 1.80 bits per heavy atom. The summed E-state index contributed by atoms with van der Waals surface area (Å²) in [6.07, 6.45) is 3.07. The van der Waals surface area contributed by atoms with Gasteiger partial charge in [0.05, 0.1) is 6.54 Å². The summed E-state index contributed by atoms with van der Waals surface area (Å²) in [7, 11) is 0. The van der Waals surface area contributed by atoms with Gasteiger partial charge in [0.2, 0.25) is 0 Å². The number of aryl methyl sites for hydroxylation is 2. The van der Waals surface area contributed by atoms with Crippen LogP contribution in [0.25, 0.3) is 0 Å². The van der Waals surface area contributed by atoms with Crippen molar-refractivity contribution in [2.75, 3.05) is 19.8 Å². The predicted octanol–water partition coefficient (Wildman–Crippen LogP) is 2.70. The van der Waals surface area contributed by atoms with Crippen molar-refractivity contribution >= 4 is 23.5 Å². The molecule has 0 aliphatic heterocycles. The van der Waals surface area contributed by atoms with Crippen LogP contribution in [0.1, 0.15) is 21.5 Å². The summed E-state index contributed by atoms with van der Waals surface area (Å²) >= 11 is 6.08. The minimum Gasteiger partial charge on any atom is -0.482 e. The third-order valence-corrected chi connectivity index (χ3v) is 3.96. The molecule has 0 saturated carbocycles. The Labute approximate surface area is 151 Å². The van der Waals surface area contributed by atoms with Crippen molar-refractivity contribution in [2.24, 2.45) is 0 Å². The zero-order chi connectivity index (χ0) is 18.2. The fourth-order valence-electron chi connectivity index (χ4n) is 2.11. The van der Waals surface area contributed by atoms with Gasteiger partial charge in [-0.1, -0.05) is 11.6 Å². The molecule has 1 heterocycles. The Kier molecular flexibility index (Phi) is 6.77. The van der Waals surface area contributed by atoms with E-state index in [2.05, 4.69) is 10.3 Å². The van der Waals surface area contributed by atoms with Gasteiger partial charge in [0.1, 0.15) is 12.4 Å². The molecule has 0 unspecified atom stereocenters. The molecule has 0 radical (unpaired) electrons. The van der Waals surface area contributed by atoms with Gasteiger partial charge >= 0.3 is 5.97 Å². The van der Waals surface area contributed by atoms with Crippen LogP contribution in [0.3, 0.4) is 0 Å². The van der Waals surface area contributed by atoms with Crippen LogP contribution in [-0.4, -0.2) is 36.6 Å². The molecular weight excluding hydrogens is 344 g/mol. The number of benzene rings is 1. The average molecular weight is 363 g/mol. The van der Waals surface area contributed by atoms with Gasteiger partial charge in [-0.15, -0.1) is 0 Å². The molecule has 0 spiro atoms. The maximum Gasteiger partial charge on any atom is 0.344 e. The first kappa shape index (κ1) is 18.7. The zero-order valence-electron chi connectivity index (χ0n) is 14.0. The highest BCUT2D eigenvalue weighted by Gasteiger charge is 2.08. The normalized spacial score (nSPS) is 10.2. The average Bonchev–Trinajstić information content (AvgIpc) is 2.62. The molecule has 0 saturated heterocycles. The van der Waals surface area contributed by atoms with Gasteiger partial charge in [0, 0.05) is 23.0 Å². The largest absolute Gasteiger partial charge is 0.482 e. The van der Waals surface area contributed by atoms with E-state index in [0.717, 1.165) is 11.1 Å². The van der Waals surface area contributed by atoms with E-state index in [9.17, 15) is 9.59 Å². The number of amides is 1. The number of nitrogens with zero attached hydrogens (tertiary/aromatic N) is 1. The van der Waals surface area contributed by atoms with Crippen LogP contribution >= 0.6 is 11.6 Å². The number of hydrogen-bond donors (Lipinski definition) is 1. The molecule has 0 aliphatic rings. The highest BCUT2D eigenvalue weighted by Crippen LogP contribution is 2.25. The van der Waals surface area contributed by atoms with Gasteiger partial charge in [-0.3, -0.25) is 9.78 Å². The van der Waals surface area contributed by atoms with E-state index in [1.165, 1.54) is 12.4 Å². The van der Waals surface area contributed by atoms with Crippen molar-refractivity contribution in [2.45, 2.75) is 13.8 Å². The molecule has 1 N–H and O–H groups in total. The van der Waals surface area contributed by atoms with Crippen LogP contribution in [0, 0.1) is 13.8 Å². The number of aromatic nitrogens is 1. The number of carbonyl (C=O) groups excluding carboxylic acids is 2. The molecule has 0 bridgehead atoms. The van der Waals surface area contributed by atoms with Crippen LogP contribution in [0.5, 0.6) is 5.75 Å². The lowest BCUT2D eigenvalue weighted by Crippen LogP contribution is -2.28. The van der Waals surface area contributed by atoms with Crippen molar-refractivity contribution in [3.63, 3.8) is 0 Å². The first-order valence-electron chi connectivity index (χ1n) is 7.71. The molecule has 0 atom stereocenters. The Morgan fingerprint density at radius 3 is 2.44 bits per heavy atom. The first-order valence-corrected chi connectivity index (χ1v) is 8.08. The minimum atomic E-state index is -0.511. The quantitative estimate of drug-likeness (QED) is 0.605. The summed E-state index contributed by atoms with van der Waals surface area (Å²) in [5.41, 5.74) is 2.26. The van der Waals surface area contributed by atoms with Crippen molar-refractivity contribution in [1.82, 2.24) is 10.3 Å². The lowest BCUT2D eigenvalue weighted by Gasteiger charge is -2.10. The smallest absolute Gasteiger partial charge is 0.344 e. The van der Waals surface area contributed by atoms with Gasteiger partial charge in [-0.05, 0) is 49.2 Å². The van der Waals surface area contributed by atoms with Crippen molar-refractivity contribution in [1.29, 1.82) is 0 Å². The Balaban J connectivity index is 1.68. The predicted molar refractivity (Wildman–Crippen MR) is 94.0 cm³/mol. The van der Waals surface area contributed by atoms with E-state index in [-0.39, 0.29) is 25.7 Å². The molecule has 2 rings (SSSR count). The number of rotatable bonds is 7. The third-order valence-electron chi connectivity index (χ3n) is 3.36. The molecular formula is C18H19ClN2O4. The number of carbonyl (C=O) groups is 2. The molecule has 2 aromatic rings. The summed E-state index contributed by atoms with van der Waals surface area (Å²) in [4.78, 5) is 27.3. The van der Waals surface area contributed by atoms with Crippen molar-refractivity contribution < 1.29 is 19.1 Å². The van der Waals surface area contributed by atoms with Crippen LogP contribution in [0.2, 0.25) is 5.02 Å². The van der Waals surface area contributed by atoms with E-state index >= 15 is 0 Å². The van der Waals surface area contributed by atoms with Gasteiger partial charge < -0.3 is 14.8 Å². The van der Waals surface area contributed by atoms with E-state index < -0.39 is 5.97 Å². The monoisotopic (exact) mass is 362 g/mol. The SMILES string of the molecule is Cc1cc(OCC(=O)OCCNC(=O)c2ccncc2)cc(C)c1Cl. The van der Waals surface area contributed by atoms with Crippen LogP contribution < -0.4 is 10.1 Å². The maximum atomic E-state index is 11.8. The van der Waals surface area contributed by atoms with E-state index in [0.29, 0.717) is 16.3 Å². The summed E-state index contributed by atoms with van der Waals surface area (Å²) < 4.78 is 10.4. The molecule has 132 valence electrons. The Hall–Kier alpha value is -2.60. The summed E-state index contributed by atoms with van der Waals surface area (Å²) in [5, 5.41) is 3.33. The molecule has 0 fully saturated rings. The van der Waals surface area contributed by atoms with Crippen molar-refractivity contribution in [3.8, 4) is 5.75 Å². The van der Waals surface area contributed by atoms with Crippen LogP contribution in [0.15, 0.2) is 36.7 Å². The van der Waals surface area contributed by atoms with Gasteiger partial charge in [0.25, 0.3) is 5.91 Å². The van der Waals surface area contributed by atoms with Gasteiger partial charge in [-0.2, -0.15) is 0 Å². The molecule has 0 aliphatic carbocycles. The second-order valence-electron chi connectivity index (χ2n) is 5.37. The van der Waals surface area contributed by atoms with Gasteiger partial charge in [0.15, 0.2) is 6.61 Å². The summed E-state index contributed by atoms with van der Waals surface area (Å²) in [6, 6.07) is 6.73. The summed E-state index contributed by atoms with van der Waals surface area (Å²) in [6.45, 7) is 3.81. The third kappa shape index (κ3) is 5.76. The zero-order valence-corrected chi connectivity index (χ0v) is 14.8. The number of hydrogen-bond acceptors (Lipinski definition) is 5. The molecule has 1 amide bonds. The molecule has 7 heteroatoms. The highest BCUT2D eigenvalue weighted by atomic mass is 35.5. The molecule has 6 nitrogen and oxygen atoms in total. The molecule has 25 heavy (non-hydrogen) atoms. The number of esters is 1. The number of nitrogens with one attached hydrogen (secondary N) is 1. The van der Waals surface area contributed by atoms with Crippen LogP contribution in [-0.2, 0) is 9.53 Å². The topological polar surface area (TPSA) is 77.5 Å². The fraction of sp³-hybridized carbons (Fsp3) is 0.278. The molecule has 1 aromatic carbocycles. The number of halogens is 1. The number of ether oxygens (including phenoxy) is 2. The standard InChI is InChI=1S/C18H19ClN2O4/c1-12-9-15(10-13(2)17(12)19)25-11-16(22)24-8-7-21-18(23)14-3-5-20-6-4-14/h3-6,9-10H,7-8,11H2,1-2H3,(H,21,23). The van der Waals surface area contributed by atoms with Crippen LogP contribution in [0.4, 0.5) is 0 Å². The second kappa shape index (κ2) is 9.03. The Bertz CT molecular complexity index is 727. The molecule has 1 aromatic heterocycles. The van der Waals surface area contributed by atoms with Crippen molar-refractivity contribution in [3.05, 3.63) is 58.4 Å². The minimum absolute atomic E-state index is 0.0672. The van der Waals surface area contributed by atoms with E-state index in [1.807, 2.05) is 13.8 Å². The first-order chi connectivity index (χ1) is 12.0. The lowest BCUT2D eigenvalue weighted by molar-refractivity contribution is -0.145. The summed E-state index contributed by atoms with van der Waals surface area (Å²) in [5.74, 6) is -0.201. The van der Waals surface area contributed by atoms with E-state index in [1.54, 1.807) is 24.3 Å². The van der Waals surface area contributed by atoms with E-state index in [4.69, 9.17) is 21.1 Å². The highest BCUT2D eigenvalue weighted by molar-refractivity contribution is 6.32. The fourth-order valence-corrected chi connectivity index (χ4v) is 2.22. The maximum absolute atomic E-state index is 11.8.